The van der Waals surface area contributed by atoms with Crippen molar-refractivity contribution >= 4 is 45.0 Å². The Hall–Kier alpha value is -2.75. The highest BCUT2D eigenvalue weighted by molar-refractivity contribution is 7.89. The lowest BCUT2D eigenvalue weighted by Crippen LogP contribution is -2.58. The van der Waals surface area contributed by atoms with Crippen molar-refractivity contribution in [1.29, 1.82) is 0 Å². The number of carbonyl (C=O) groups is 3. The molecule has 4 bridgehead atoms. The van der Waals surface area contributed by atoms with E-state index < -0.39 is 33.3 Å². The van der Waals surface area contributed by atoms with Gasteiger partial charge in [0.1, 0.15) is 6.04 Å². The van der Waals surface area contributed by atoms with Crippen molar-refractivity contribution in [2.45, 2.75) is 62.3 Å². The topological polar surface area (TPSA) is 118 Å². The molecule has 1 unspecified atom stereocenters. The van der Waals surface area contributed by atoms with Crippen molar-refractivity contribution < 1.29 is 22.8 Å². The Kier molecular flexibility index (Phi) is 6.59. The van der Waals surface area contributed by atoms with Gasteiger partial charge in [-0.05, 0) is 105 Å². The summed E-state index contributed by atoms with van der Waals surface area (Å²) in [5.41, 5.74) is 0.756. The standard InChI is InChI=1S/C29H32ClN3O5S/c30-22-3-1-2-18(13-22)8-9-32(28(36)29-15-19-10-20(16-29)12-21(11-19)17-29)25-14-26(34)33(27(25)35)23-4-6-24(7-5-23)39(31,37)38/h1-7,13,19-21,25H,8-12,14-17H2,(H2,31,37,38). The summed E-state index contributed by atoms with van der Waals surface area (Å²) in [6, 6.07) is 11.9. The molecule has 0 radical (unpaired) electrons. The number of amides is 3. The van der Waals surface area contributed by atoms with Crippen LogP contribution in [0, 0.1) is 23.2 Å². The summed E-state index contributed by atoms with van der Waals surface area (Å²) in [5.74, 6) is 0.798. The Morgan fingerprint density at radius 2 is 1.62 bits per heavy atom. The van der Waals surface area contributed by atoms with E-state index in [-0.39, 0.29) is 22.9 Å². The molecule has 206 valence electrons. The minimum absolute atomic E-state index is 0.00111. The van der Waals surface area contributed by atoms with Gasteiger partial charge in [-0.1, -0.05) is 23.7 Å². The lowest BCUT2D eigenvalue weighted by molar-refractivity contribution is -0.161. The number of carbonyl (C=O) groups excluding carboxylic acids is 3. The van der Waals surface area contributed by atoms with Crippen LogP contribution in [-0.2, 0) is 30.8 Å². The second-order valence-corrected chi connectivity index (χ2v) is 13.9. The SMILES string of the molecule is NS(=O)(=O)c1ccc(N2C(=O)CC(N(CCc3cccc(Cl)c3)C(=O)C34CC5CC(CC(C5)C3)C4)C2=O)cc1. The summed E-state index contributed by atoms with van der Waals surface area (Å²) in [4.78, 5) is 44.1. The van der Waals surface area contributed by atoms with Crippen LogP contribution < -0.4 is 10.0 Å². The van der Waals surface area contributed by atoms with Crippen LogP contribution >= 0.6 is 11.6 Å². The van der Waals surface area contributed by atoms with E-state index in [1.807, 2.05) is 18.2 Å². The predicted molar refractivity (Wildman–Crippen MR) is 146 cm³/mol. The maximum atomic E-state index is 14.5. The van der Waals surface area contributed by atoms with Gasteiger partial charge in [-0.3, -0.25) is 14.4 Å². The molecular formula is C29H32ClN3O5S. The lowest BCUT2D eigenvalue weighted by Gasteiger charge is -2.57. The van der Waals surface area contributed by atoms with Gasteiger partial charge in [0.25, 0.3) is 5.91 Å². The van der Waals surface area contributed by atoms with Crippen molar-refractivity contribution in [2.24, 2.45) is 28.3 Å². The molecule has 0 aromatic heterocycles. The molecule has 5 fully saturated rings. The fourth-order valence-corrected chi connectivity index (χ4v) is 8.66. The zero-order valence-electron chi connectivity index (χ0n) is 21.6. The zero-order chi connectivity index (χ0) is 27.5. The number of halogens is 1. The van der Waals surface area contributed by atoms with Crippen LogP contribution in [0.25, 0.3) is 0 Å². The van der Waals surface area contributed by atoms with Crippen molar-refractivity contribution in [3.05, 3.63) is 59.1 Å². The van der Waals surface area contributed by atoms with Gasteiger partial charge in [-0.15, -0.1) is 0 Å². The first-order valence-electron chi connectivity index (χ1n) is 13.6. The fourth-order valence-electron chi connectivity index (χ4n) is 7.93. The van der Waals surface area contributed by atoms with E-state index in [4.69, 9.17) is 16.7 Å². The first-order chi connectivity index (χ1) is 18.5. The molecule has 0 spiro atoms. The normalized spacial score (nSPS) is 29.7. The average Bonchev–Trinajstić information content (AvgIpc) is 3.16. The second kappa shape index (κ2) is 9.71. The van der Waals surface area contributed by atoms with Crippen molar-refractivity contribution in [2.75, 3.05) is 11.4 Å². The van der Waals surface area contributed by atoms with E-state index in [9.17, 15) is 22.8 Å². The molecular weight excluding hydrogens is 538 g/mol. The van der Waals surface area contributed by atoms with Crippen molar-refractivity contribution in [1.82, 2.24) is 4.90 Å². The minimum atomic E-state index is -3.92. The van der Waals surface area contributed by atoms with Crippen molar-refractivity contribution in [3.8, 4) is 0 Å². The summed E-state index contributed by atoms with van der Waals surface area (Å²) in [7, 11) is -3.92. The molecule has 2 N–H and O–H groups in total. The van der Waals surface area contributed by atoms with E-state index in [1.54, 1.807) is 11.0 Å². The van der Waals surface area contributed by atoms with Gasteiger partial charge in [0, 0.05) is 11.6 Å². The molecule has 1 atom stereocenters. The first kappa shape index (κ1) is 26.5. The van der Waals surface area contributed by atoms with Crippen LogP contribution in [-0.4, -0.2) is 43.6 Å². The Balaban J connectivity index is 1.30. The van der Waals surface area contributed by atoms with Crippen molar-refractivity contribution in [3.63, 3.8) is 0 Å². The van der Waals surface area contributed by atoms with Crippen LogP contribution in [0.2, 0.25) is 5.02 Å². The number of nitrogens with zero attached hydrogens (tertiary/aromatic N) is 2. The number of hydrogen-bond acceptors (Lipinski definition) is 5. The number of hydrogen-bond donors (Lipinski definition) is 1. The molecule has 1 heterocycles. The zero-order valence-corrected chi connectivity index (χ0v) is 23.2. The highest BCUT2D eigenvalue weighted by Crippen LogP contribution is 2.60. The molecule has 3 amide bonds. The summed E-state index contributed by atoms with van der Waals surface area (Å²) < 4.78 is 23.3. The number of nitrogens with two attached hydrogens (primary N) is 1. The second-order valence-electron chi connectivity index (χ2n) is 11.9. The van der Waals surface area contributed by atoms with Gasteiger partial charge in [0.05, 0.1) is 22.4 Å². The van der Waals surface area contributed by atoms with E-state index in [1.165, 1.54) is 43.5 Å². The third-order valence-corrected chi connectivity index (χ3v) is 10.4. The van der Waals surface area contributed by atoms with Crippen LogP contribution in [0.15, 0.2) is 53.4 Å². The highest BCUT2D eigenvalue weighted by Gasteiger charge is 2.57. The number of sulfonamides is 1. The average molecular weight is 570 g/mol. The van der Waals surface area contributed by atoms with E-state index in [0.717, 1.165) is 29.7 Å². The summed E-state index contributed by atoms with van der Waals surface area (Å²) >= 11 is 6.20. The molecule has 1 saturated heterocycles. The monoisotopic (exact) mass is 569 g/mol. The molecule has 5 aliphatic rings. The molecule has 4 aliphatic carbocycles. The quantitative estimate of drug-likeness (QED) is 0.507. The molecule has 4 saturated carbocycles. The molecule has 10 heteroatoms. The highest BCUT2D eigenvalue weighted by atomic mass is 35.5. The Bertz CT molecular complexity index is 1410. The number of primary sulfonamides is 1. The number of benzene rings is 2. The molecule has 7 rings (SSSR count). The summed E-state index contributed by atoms with van der Waals surface area (Å²) in [6.45, 7) is 0.308. The van der Waals surface area contributed by atoms with Crippen LogP contribution in [0.5, 0.6) is 0 Å². The van der Waals surface area contributed by atoms with Gasteiger partial charge in [0.2, 0.25) is 21.8 Å². The Labute approximate surface area is 233 Å². The van der Waals surface area contributed by atoms with Crippen LogP contribution in [0.4, 0.5) is 5.69 Å². The predicted octanol–water partition coefficient (Wildman–Crippen LogP) is 3.91. The van der Waals surface area contributed by atoms with E-state index >= 15 is 0 Å². The Morgan fingerprint density at radius 1 is 1.00 bits per heavy atom. The number of rotatable bonds is 7. The molecule has 2 aromatic rings. The van der Waals surface area contributed by atoms with Gasteiger partial charge >= 0.3 is 0 Å². The minimum Gasteiger partial charge on any atom is -0.329 e. The largest absolute Gasteiger partial charge is 0.329 e. The molecule has 8 nitrogen and oxygen atoms in total. The third-order valence-electron chi connectivity index (χ3n) is 9.21. The summed E-state index contributed by atoms with van der Waals surface area (Å²) in [6.07, 6.45) is 6.56. The molecule has 39 heavy (non-hydrogen) atoms. The number of imide groups is 1. The summed E-state index contributed by atoms with van der Waals surface area (Å²) in [5, 5.41) is 5.80. The lowest BCUT2D eigenvalue weighted by atomic mass is 9.49. The number of anilines is 1. The molecule has 1 aliphatic heterocycles. The maximum absolute atomic E-state index is 14.5. The maximum Gasteiger partial charge on any atom is 0.257 e. The third kappa shape index (κ3) is 4.89. The smallest absolute Gasteiger partial charge is 0.257 e. The first-order valence-corrected chi connectivity index (χ1v) is 15.5. The van der Waals surface area contributed by atoms with Crippen LogP contribution in [0.3, 0.4) is 0 Å². The van der Waals surface area contributed by atoms with E-state index in [2.05, 4.69) is 0 Å². The van der Waals surface area contributed by atoms with Gasteiger partial charge in [-0.2, -0.15) is 0 Å². The van der Waals surface area contributed by atoms with Gasteiger partial charge in [-0.25, -0.2) is 18.5 Å². The van der Waals surface area contributed by atoms with Gasteiger partial charge < -0.3 is 4.90 Å². The van der Waals surface area contributed by atoms with Gasteiger partial charge in [0.15, 0.2) is 0 Å². The molecule has 2 aromatic carbocycles. The fraction of sp³-hybridized carbons (Fsp3) is 0.483. The van der Waals surface area contributed by atoms with E-state index in [0.29, 0.717) is 35.7 Å². The van der Waals surface area contributed by atoms with Crippen LogP contribution in [0.1, 0.15) is 50.5 Å². The Morgan fingerprint density at radius 3 is 2.18 bits per heavy atom.